The van der Waals surface area contributed by atoms with Crippen LogP contribution in [0.4, 0.5) is 0 Å². The van der Waals surface area contributed by atoms with E-state index in [0.29, 0.717) is 6.04 Å². The van der Waals surface area contributed by atoms with Crippen LogP contribution in [0.25, 0.3) is 0 Å². The molecule has 0 saturated carbocycles. The van der Waals surface area contributed by atoms with Crippen LogP contribution >= 0.6 is 0 Å². The molecular weight excluding hydrogens is 160 g/mol. The van der Waals surface area contributed by atoms with Crippen LogP contribution in [-0.2, 0) is 0 Å². The van der Waals surface area contributed by atoms with Crippen molar-refractivity contribution in [1.82, 2.24) is 10.2 Å². The van der Waals surface area contributed by atoms with E-state index in [2.05, 4.69) is 37.1 Å². The van der Waals surface area contributed by atoms with Gasteiger partial charge in [-0.05, 0) is 27.2 Å². The van der Waals surface area contributed by atoms with Gasteiger partial charge in [0, 0.05) is 32.2 Å². The summed E-state index contributed by atoms with van der Waals surface area (Å²) in [5.74, 6) is 0. The third-order valence-electron chi connectivity index (χ3n) is 2.61. The van der Waals surface area contributed by atoms with Gasteiger partial charge in [0.2, 0.25) is 0 Å². The number of piperazine rings is 1. The van der Waals surface area contributed by atoms with Crippen LogP contribution in [0.2, 0.25) is 0 Å². The third kappa shape index (κ3) is 3.92. The number of nitrogens with zero attached hydrogens (tertiary/aromatic N) is 1. The van der Waals surface area contributed by atoms with Crippen LogP contribution in [0.3, 0.4) is 0 Å². The van der Waals surface area contributed by atoms with Crippen molar-refractivity contribution < 1.29 is 0 Å². The molecule has 1 aliphatic heterocycles. The van der Waals surface area contributed by atoms with Crippen molar-refractivity contribution in [2.45, 2.75) is 33.2 Å². The summed E-state index contributed by atoms with van der Waals surface area (Å²) in [7, 11) is 0. The lowest BCUT2D eigenvalue weighted by Gasteiger charge is -2.33. The fourth-order valence-corrected chi connectivity index (χ4v) is 1.73. The molecule has 0 aromatic rings. The van der Waals surface area contributed by atoms with Crippen LogP contribution in [-0.4, -0.2) is 37.1 Å². The molecule has 2 nitrogen and oxygen atoms in total. The highest BCUT2D eigenvalue weighted by Crippen LogP contribution is 2.04. The van der Waals surface area contributed by atoms with Gasteiger partial charge in [0.1, 0.15) is 0 Å². The van der Waals surface area contributed by atoms with E-state index in [4.69, 9.17) is 0 Å². The van der Waals surface area contributed by atoms with Gasteiger partial charge in [0.15, 0.2) is 0 Å². The molecule has 0 aromatic heterocycles. The molecule has 1 atom stereocenters. The Kier molecular flexibility index (Phi) is 4.46. The normalized spacial score (nSPS) is 24.4. The SMILES string of the molecule is CC(C)=CCCN1CCNCC1C. The summed E-state index contributed by atoms with van der Waals surface area (Å²) >= 11 is 0. The van der Waals surface area contributed by atoms with Crippen LogP contribution in [0.15, 0.2) is 11.6 Å². The summed E-state index contributed by atoms with van der Waals surface area (Å²) in [6.07, 6.45) is 3.53. The van der Waals surface area contributed by atoms with Crippen molar-refractivity contribution in [1.29, 1.82) is 0 Å². The molecule has 2 heteroatoms. The fraction of sp³-hybridized carbons (Fsp3) is 0.818. The van der Waals surface area contributed by atoms with Gasteiger partial charge in [-0.15, -0.1) is 0 Å². The molecule has 1 unspecified atom stereocenters. The second-order valence-electron chi connectivity index (χ2n) is 4.16. The monoisotopic (exact) mass is 182 g/mol. The Morgan fingerprint density at radius 1 is 1.54 bits per heavy atom. The molecule has 1 rings (SSSR count). The zero-order valence-electron chi connectivity index (χ0n) is 9.14. The number of hydrogen-bond acceptors (Lipinski definition) is 2. The second kappa shape index (κ2) is 5.40. The maximum absolute atomic E-state index is 3.41. The lowest BCUT2D eigenvalue weighted by molar-refractivity contribution is 0.177. The summed E-state index contributed by atoms with van der Waals surface area (Å²) in [6.45, 7) is 11.4. The fourth-order valence-electron chi connectivity index (χ4n) is 1.73. The van der Waals surface area contributed by atoms with Gasteiger partial charge in [0.05, 0.1) is 0 Å². The van der Waals surface area contributed by atoms with Crippen molar-refractivity contribution in [2.75, 3.05) is 26.2 Å². The van der Waals surface area contributed by atoms with E-state index in [9.17, 15) is 0 Å². The first-order valence-electron chi connectivity index (χ1n) is 5.28. The van der Waals surface area contributed by atoms with Gasteiger partial charge in [-0.2, -0.15) is 0 Å². The van der Waals surface area contributed by atoms with Gasteiger partial charge >= 0.3 is 0 Å². The summed E-state index contributed by atoms with van der Waals surface area (Å²) in [4.78, 5) is 2.57. The quantitative estimate of drug-likeness (QED) is 0.667. The van der Waals surface area contributed by atoms with Crippen molar-refractivity contribution in [3.63, 3.8) is 0 Å². The van der Waals surface area contributed by atoms with Crippen molar-refractivity contribution in [2.24, 2.45) is 0 Å². The minimum absolute atomic E-state index is 0.708. The average Bonchev–Trinajstić information content (AvgIpc) is 2.08. The van der Waals surface area contributed by atoms with E-state index in [1.54, 1.807) is 0 Å². The van der Waals surface area contributed by atoms with Gasteiger partial charge in [-0.3, -0.25) is 4.90 Å². The average molecular weight is 182 g/mol. The second-order valence-corrected chi connectivity index (χ2v) is 4.16. The lowest BCUT2D eigenvalue weighted by Crippen LogP contribution is -2.49. The number of nitrogens with one attached hydrogen (secondary N) is 1. The van der Waals surface area contributed by atoms with Gasteiger partial charge < -0.3 is 5.32 Å². The Balaban J connectivity index is 2.23. The number of allylic oxidation sites excluding steroid dienone is 1. The first kappa shape index (κ1) is 10.7. The van der Waals surface area contributed by atoms with E-state index in [1.807, 2.05) is 0 Å². The maximum Gasteiger partial charge on any atom is 0.0193 e. The van der Waals surface area contributed by atoms with Crippen LogP contribution in [0, 0.1) is 0 Å². The minimum atomic E-state index is 0.708. The minimum Gasteiger partial charge on any atom is -0.314 e. The molecule has 0 spiro atoms. The Morgan fingerprint density at radius 3 is 2.92 bits per heavy atom. The zero-order chi connectivity index (χ0) is 9.68. The lowest BCUT2D eigenvalue weighted by atomic mass is 10.2. The van der Waals surface area contributed by atoms with E-state index in [0.717, 1.165) is 13.1 Å². The van der Waals surface area contributed by atoms with Crippen molar-refractivity contribution >= 4 is 0 Å². The molecule has 1 N–H and O–H groups in total. The molecular formula is C11H22N2. The van der Waals surface area contributed by atoms with E-state index >= 15 is 0 Å². The first-order valence-corrected chi connectivity index (χ1v) is 5.28. The van der Waals surface area contributed by atoms with Crippen molar-refractivity contribution in [3.05, 3.63) is 11.6 Å². The Bertz CT molecular complexity index is 171. The molecule has 76 valence electrons. The van der Waals surface area contributed by atoms with Gasteiger partial charge in [0.25, 0.3) is 0 Å². The molecule has 1 fully saturated rings. The Labute approximate surface area is 82.0 Å². The largest absolute Gasteiger partial charge is 0.314 e. The van der Waals surface area contributed by atoms with Gasteiger partial charge in [-0.1, -0.05) is 11.6 Å². The molecule has 0 radical (unpaired) electrons. The topological polar surface area (TPSA) is 15.3 Å². The predicted octanol–water partition coefficient (Wildman–Crippen LogP) is 1.64. The summed E-state index contributed by atoms with van der Waals surface area (Å²) < 4.78 is 0. The van der Waals surface area contributed by atoms with Crippen LogP contribution in [0.5, 0.6) is 0 Å². The van der Waals surface area contributed by atoms with E-state index < -0.39 is 0 Å². The number of hydrogen-bond donors (Lipinski definition) is 1. The molecule has 1 heterocycles. The van der Waals surface area contributed by atoms with Gasteiger partial charge in [-0.25, -0.2) is 0 Å². The first-order chi connectivity index (χ1) is 6.20. The summed E-state index contributed by atoms with van der Waals surface area (Å²) in [6, 6.07) is 0.708. The molecule has 0 aromatic carbocycles. The highest BCUT2D eigenvalue weighted by molar-refractivity contribution is 4.93. The molecule has 1 aliphatic rings. The maximum atomic E-state index is 3.41. The molecule has 13 heavy (non-hydrogen) atoms. The van der Waals surface area contributed by atoms with E-state index in [-0.39, 0.29) is 0 Å². The summed E-state index contributed by atoms with van der Waals surface area (Å²) in [5.41, 5.74) is 1.43. The number of rotatable bonds is 3. The molecule has 0 aliphatic carbocycles. The van der Waals surface area contributed by atoms with E-state index in [1.165, 1.54) is 25.1 Å². The molecule has 0 bridgehead atoms. The third-order valence-corrected chi connectivity index (χ3v) is 2.61. The standard InChI is InChI=1S/C11H22N2/c1-10(2)5-4-7-13-8-6-12-9-11(13)3/h5,11-12H,4,6-9H2,1-3H3. The predicted molar refractivity (Wildman–Crippen MR) is 58.0 cm³/mol. The smallest absolute Gasteiger partial charge is 0.0193 e. The van der Waals surface area contributed by atoms with Crippen LogP contribution in [0.1, 0.15) is 27.2 Å². The molecule has 1 saturated heterocycles. The van der Waals surface area contributed by atoms with Crippen molar-refractivity contribution in [3.8, 4) is 0 Å². The Hall–Kier alpha value is -0.340. The summed E-state index contributed by atoms with van der Waals surface area (Å²) in [5, 5.41) is 3.41. The highest BCUT2D eigenvalue weighted by atomic mass is 15.2. The van der Waals surface area contributed by atoms with Crippen LogP contribution < -0.4 is 5.32 Å². The Morgan fingerprint density at radius 2 is 2.31 bits per heavy atom. The highest BCUT2D eigenvalue weighted by Gasteiger charge is 2.15. The zero-order valence-corrected chi connectivity index (χ0v) is 9.14. The molecule has 0 amide bonds.